The second-order valence-corrected chi connectivity index (χ2v) is 6.39. The van der Waals surface area contributed by atoms with Crippen LogP contribution in [0, 0.1) is 5.92 Å². The van der Waals surface area contributed by atoms with E-state index in [0.29, 0.717) is 18.8 Å². The van der Waals surface area contributed by atoms with E-state index in [-0.39, 0.29) is 18.4 Å². The van der Waals surface area contributed by atoms with Gasteiger partial charge in [0, 0.05) is 12.6 Å². The Kier molecular flexibility index (Phi) is 7.97. The highest BCUT2D eigenvalue weighted by molar-refractivity contribution is 7.89. The van der Waals surface area contributed by atoms with E-state index in [1.807, 2.05) is 6.92 Å². The molecule has 0 saturated heterocycles. The van der Waals surface area contributed by atoms with Crippen LogP contribution in [0.25, 0.3) is 0 Å². The summed E-state index contributed by atoms with van der Waals surface area (Å²) in [5.74, 6) is 0.647. The third-order valence-electron chi connectivity index (χ3n) is 2.65. The third kappa shape index (κ3) is 8.07. The molecule has 4 nitrogen and oxygen atoms in total. The highest BCUT2D eigenvalue weighted by Gasteiger charge is 2.15. The van der Waals surface area contributed by atoms with Gasteiger partial charge in [0.1, 0.15) is 0 Å². The number of rotatable bonds is 9. The van der Waals surface area contributed by atoms with Crippen LogP contribution in [0.5, 0.6) is 0 Å². The molecule has 0 amide bonds. The zero-order chi connectivity index (χ0) is 12.6. The van der Waals surface area contributed by atoms with Gasteiger partial charge in [0.2, 0.25) is 10.0 Å². The van der Waals surface area contributed by atoms with E-state index in [9.17, 15) is 8.42 Å². The van der Waals surface area contributed by atoms with Crippen molar-refractivity contribution in [2.24, 2.45) is 5.92 Å². The Morgan fingerprint density at radius 3 is 2.38 bits per heavy atom. The van der Waals surface area contributed by atoms with Gasteiger partial charge in [-0.15, -0.1) is 0 Å². The fraction of sp³-hybridized carbons (Fsp3) is 1.00. The number of aliphatic hydroxyl groups excluding tert-OH is 1. The van der Waals surface area contributed by atoms with Gasteiger partial charge < -0.3 is 5.11 Å². The first-order valence-electron chi connectivity index (χ1n) is 6.02. The lowest BCUT2D eigenvalue weighted by atomic mass is 10.0. The Hall–Kier alpha value is -0.130. The van der Waals surface area contributed by atoms with Crippen LogP contribution in [0.2, 0.25) is 0 Å². The Bertz CT molecular complexity index is 264. The number of hydrogen-bond donors (Lipinski definition) is 2. The molecule has 0 aliphatic rings. The molecule has 2 unspecified atom stereocenters. The van der Waals surface area contributed by atoms with E-state index < -0.39 is 10.0 Å². The predicted octanol–water partition coefficient (Wildman–Crippen LogP) is 1.50. The van der Waals surface area contributed by atoms with Crippen molar-refractivity contribution in [2.75, 3.05) is 12.4 Å². The molecule has 16 heavy (non-hydrogen) atoms. The second-order valence-electron chi connectivity index (χ2n) is 4.52. The predicted molar refractivity (Wildman–Crippen MR) is 66.8 cm³/mol. The first kappa shape index (κ1) is 15.9. The summed E-state index contributed by atoms with van der Waals surface area (Å²) in [6, 6.07) is -0.00548. The molecule has 2 atom stereocenters. The van der Waals surface area contributed by atoms with Gasteiger partial charge in [0.25, 0.3) is 0 Å². The van der Waals surface area contributed by atoms with Crippen LogP contribution >= 0.6 is 0 Å². The van der Waals surface area contributed by atoms with Crippen molar-refractivity contribution in [3.05, 3.63) is 0 Å². The highest BCUT2D eigenvalue weighted by Crippen LogP contribution is 2.10. The zero-order valence-corrected chi connectivity index (χ0v) is 11.4. The minimum absolute atomic E-state index is 0.00548. The smallest absolute Gasteiger partial charge is 0.211 e. The maximum Gasteiger partial charge on any atom is 0.211 e. The number of aliphatic hydroxyl groups is 1. The van der Waals surface area contributed by atoms with Crippen LogP contribution in [0.15, 0.2) is 0 Å². The van der Waals surface area contributed by atoms with Crippen LogP contribution < -0.4 is 4.72 Å². The fourth-order valence-electron chi connectivity index (χ4n) is 1.59. The molecule has 0 aliphatic carbocycles. The molecule has 0 aromatic heterocycles. The van der Waals surface area contributed by atoms with Crippen molar-refractivity contribution in [3.63, 3.8) is 0 Å². The molecule has 5 heteroatoms. The quantitative estimate of drug-likeness (QED) is 0.610. The lowest BCUT2D eigenvalue weighted by Gasteiger charge is -2.17. The van der Waals surface area contributed by atoms with E-state index in [1.54, 1.807) is 0 Å². The maximum absolute atomic E-state index is 11.6. The molecular weight excluding hydrogens is 226 g/mol. The minimum Gasteiger partial charge on any atom is -0.396 e. The SMILES string of the molecule is CCC(C)CC(C)NS(=O)(=O)CCCCO. The number of sulfonamides is 1. The largest absolute Gasteiger partial charge is 0.396 e. The molecule has 0 aliphatic heterocycles. The summed E-state index contributed by atoms with van der Waals surface area (Å²) in [7, 11) is -3.17. The molecule has 0 rings (SSSR count). The summed E-state index contributed by atoms with van der Waals surface area (Å²) in [5.41, 5.74) is 0. The Balaban J connectivity index is 3.95. The van der Waals surface area contributed by atoms with E-state index >= 15 is 0 Å². The molecule has 0 aromatic carbocycles. The first-order chi connectivity index (χ1) is 7.41. The van der Waals surface area contributed by atoms with Gasteiger partial charge in [-0.2, -0.15) is 0 Å². The summed E-state index contributed by atoms with van der Waals surface area (Å²) < 4.78 is 25.9. The lowest BCUT2D eigenvalue weighted by molar-refractivity contribution is 0.287. The van der Waals surface area contributed by atoms with Crippen LogP contribution in [-0.4, -0.2) is 31.9 Å². The Morgan fingerprint density at radius 1 is 1.25 bits per heavy atom. The highest BCUT2D eigenvalue weighted by atomic mass is 32.2. The number of hydrogen-bond acceptors (Lipinski definition) is 3. The summed E-state index contributed by atoms with van der Waals surface area (Å²) in [6.07, 6.45) is 2.99. The third-order valence-corrected chi connectivity index (χ3v) is 4.24. The lowest BCUT2D eigenvalue weighted by Crippen LogP contribution is -2.35. The first-order valence-corrected chi connectivity index (χ1v) is 7.67. The molecule has 0 fully saturated rings. The van der Waals surface area contributed by atoms with Crippen LogP contribution in [0.4, 0.5) is 0 Å². The molecule has 0 heterocycles. The molecule has 2 N–H and O–H groups in total. The van der Waals surface area contributed by atoms with Crippen molar-refractivity contribution < 1.29 is 13.5 Å². The Morgan fingerprint density at radius 2 is 1.88 bits per heavy atom. The van der Waals surface area contributed by atoms with E-state index in [1.165, 1.54) is 0 Å². The molecule has 98 valence electrons. The van der Waals surface area contributed by atoms with Crippen LogP contribution in [-0.2, 0) is 10.0 Å². The van der Waals surface area contributed by atoms with Gasteiger partial charge in [0.05, 0.1) is 5.75 Å². The minimum atomic E-state index is -3.17. The topological polar surface area (TPSA) is 66.4 Å². The van der Waals surface area contributed by atoms with Crippen LogP contribution in [0.1, 0.15) is 46.5 Å². The molecule has 0 radical (unpaired) electrons. The van der Waals surface area contributed by atoms with Crippen molar-refractivity contribution in [1.29, 1.82) is 0 Å². The second kappa shape index (κ2) is 8.03. The van der Waals surface area contributed by atoms with Crippen molar-refractivity contribution in [2.45, 2.75) is 52.5 Å². The normalized spacial score (nSPS) is 16.0. The standard InChI is InChI=1S/C11H25NO3S/c1-4-10(2)9-11(3)12-16(14,15)8-6-5-7-13/h10-13H,4-9H2,1-3H3. The van der Waals surface area contributed by atoms with Gasteiger partial charge in [-0.3, -0.25) is 0 Å². The summed E-state index contributed by atoms with van der Waals surface area (Å²) >= 11 is 0. The summed E-state index contributed by atoms with van der Waals surface area (Å²) in [5, 5.41) is 8.58. The molecule has 0 bridgehead atoms. The van der Waals surface area contributed by atoms with Crippen LogP contribution in [0.3, 0.4) is 0 Å². The van der Waals surface area contributed by atoms with Crippen molar-refractivity contribution in [1.82, 2.24) is 4.72 Å². The monoisotopic (exact) mass is 251 g/mol. The average Bonchev–Trinajstić information content (AvgIpc) is 2.16. The van der Waals surface area contributed by atoms with Gasteiger partial charge in [-0.1, -0.05) is 20.3 Å². The number of nitrogens with one attached hydrogen (secondary N) is 1. The molecule has 0 spiro atoms. The van der Waals surface area contributed by atoms with E-state index in [2.05, 4.69) is 18.6 Å². The van der Waals surface area contributed by atoms with E-state index in [4.69, 9.17) is 5.11 Å². The maximum atomic E-state index is 11.6. The Labute approximate surface area is 99.5 Å². The molecule has 0 saturated carbocycles. The van der Waals surface area contributed by atoms with Crippen molar-refractivity contribution >= 4 is 10.0 Å². The summed E-state index contributed by atoms with van der Waals surface area (Å²) in [4.78, 5) is 0. The van der Waals surface area contributed by atoms with Gasteiger partial charge in [-0.25, -0.2) is 13.1 Å². The average molecular weight is 251 g/mol. The molecular formula is C11H25NO3S. The van der Waals surface area contributed by atoms with Gasteiger partial charge in [-0.05, 0) is 32.1 Å². The van der Waals surface area contributed by atoms with Gasteiger partial charge >= 0.3 is 0 Å². The van der Waals surface area contributed by atoms with E-state index in [0.717, 1.165) is 12.8 Å². The fourth-order valence-corrected chi connectivity index (χ4v) is 3.00. The van der Waals surface area contributed by atoms with Crippen molar-refractivity contribution in [3.8, 4) is 0 Å². The van der Waals surface area contributed by atoms with Gasteiger partial charge in [0.15, 0.2) is 0 Å². The zero-order valence-electron chi connectivity index (χ0n) is 10.6. The number of unbranched alkanes of at least 4 members (excludes halogenated alkanes) is 1. The molecule has 0 aromatic rings. The summed E-state index contributed by atoms with van der Waals surface area (Å²) in [6.45, 7) is 6.18.